The lowest BCUT2D eigenvalue weighted by Gasteiger charge is -2.33. The Morgan fingerprint density at radius 3 is 1.22 bits per heavy atom. The summed E-state index contributed by atoms with van der Waals surface area (Å²) in [5.41, 5.74) is 3.65. The van der Waals surface area contributed by atoms with Crippen LogP contribution in [0.3, 0.4) is 0 Å². The van der Waals surface area contributed by atoms with Gasteiger partial charge in [0.05, 0.1) is 0 Å². The molecule has 0 saturated carbocycles. The van der Waals surface area contributed by atoms with Crippen LogP contribution >= 0.6 is 23.5 Å². The molecule has 0 aromatic heterocycles. The quantitative estimate of drug-likeness (QED) is 0.443. The zero-order valence-electron chi connectivity index (χ0n) is 21.0. The predicted molar refractivity (Wildman–Crippen MR) is 144 cm³/mol. The van der Waals surface area contributed by atoms with Crippen molar-refractivity contribution in [2.75, 3.05) is 0 Å². The third kappa shape index (κ3) is 4.77. The minimum absolute atomic E-state index is 0.147. The van der Waals surface area contributed by atoms with Gasteiger partial charge >= 0.3 is 0 Å². The Kier molecular flexibility index (Phi) is 6.04. The van der Waals surface area contributed by atoms with E-state index in [-0.39, 0.29) is 21.7 Å². The van der Waals surface area contributed by atoms with Crippen LogP contribution in [0.15, 0.2) is 80.3 Å². The van der Waals surface area contributed by atoms with Gasteiger partial charge in [-0.15, -0.1) is 0 Å². The second-order valence-electron chi connectivity index (χ2n) is 12.2. The van der Waals surface area contributed by atoms with Crippen molar-refractivity contribution in [3.8, 4) is 0 Å². The number of hydrogen-bond donors (Lipinski definition) is 0. The van der Waals surface area contributed by atoms with Gasteiger partial charge in [0.1, 0.15) is 0 Å². The number of benzene rings is 2. The minimum Gasteiger partial charge on any atom is -0.0948 e. The van der Waals surface area contributed by atoms with E-state index < -0.39 is 0 Å². The maximum Gasteiger partial charge on any atom is 0.0119 e. The number of fused-ring (bicyclic) bond motifs is 1. The SMILES string of the molecule is CC(C)(C)c1ccc(SC2=CC3(C)C=C(Sc4ccc(C(C)(C)C)cc4)CC3(C)C2)cc1. The van der Waals surface area contributed by atoms with Crippen molar-refractivity contribution >= 4 is 23.5 Å². The van der Waals surface area contributed by atoms with Gasteiger partial charge in [-0.05, 0) is 74.3 Å². The molecule has 0 heterocycles. The standard InChI is InChI=1S/C30H38S2/c1-27(2,3)21-9-13-23(14-10-21)31-25-17-29(7)19-26(20-30(29,8)18-25)32-24-15-11-22(12-16-24)28(4,5)6/h9-17,19H,18,20H2,1-8H3. The van der Waals surface area contributed by atoms with E-state index in [2.05, 4.69) is 116 Å². The molecule has 4 rings (SSSR count). The van der Waals surface area contributed by atoms with Crippen LogP contribution < -0.4 is 0 Å². The molecule has 32 heavy (non-hydrogen) atoms. The molecule has 2 heteroatoms. The van der Waals surface area contributed by atoms with E-state index in [0.717, 1.165) is 0 Å². The third-order valence-electron chi connectivity index (χ3n) is 7.29. The Morgan fingerprint density at radius 1 is 0.594 bits per heavy atom. The van der Waals surface area contributed by atoms with Crippen molar-refractivity contribution in [3.63, 3.8) is 0 Å². The molecule has 0 unspecified atom stereocenters. The second-order valence-corrected chi connectivity index (χ2v) is 14.6. The molecule has 0 fully saturated rings. The van der Waals surface area contributed by atoms with Gasteiger partial charge in [0.2, 0.25) is 0 Å². The van der Waals surface area contributed by atoms with Crippen molar-refractivity contribution in [1.29, 1.82) is 0 Å². The summed E-state index contributed by atoms with van der Waals surface area (Å²) in [6, 6.07) is 18.4. The normalized spacial score (nSPS) is 25.5. The first-order valence-electron chi connectivity index (χ1n) is 11.8. The van der Waals surface area contributed by atoms with Gasteiger partial charge in [-0.2, -0.15) is 0 Å². The van der Waals surface area contributed by atoms with E-state index in [9.17, 15) is 0 Å². The highest BCUT2D eigenvalue weighted by atomic mass is 32.2. The third-order valence-corrected chi connectivity index (χ3v) is 9.35. The molecule has 2 aromatic carbocycles. The highest BCUT2D eigenvalue weighted by Crippen LogP contribution is 2.64. The first-order chi connectivity index (χ1) is 14.8. The molecule has 2 aromatic rings. The Bertz CT molecular complexity index is 958. The van der Waals surface area contributed by atoms with Crippen molar-refractivity contribution in [3.05, 3.63) is 81.6 Å². The lowest BCUT2D eigenvalue weighted by molar-refractivity contribution is 0.218. The molecule has 2 aliphatic rings. The zero-order valence-corrected chi connectivity index (χ0v) is 22.6. The molecule has 0 radical (unpaired) electrons. The average Bonchev–Trinajstić information content (AvgIpc) is 3.03. The van der Waals surface area contributed by atoms with Crippen molar-refractivity contribution < 1.29 is 0 Å². The topological polar surface area (TPSA) is 0 Å². The molecule has 0 bridgehead atoms. The Morgan fingerprint density at radius 2 is 0.938 bits per heavy atom. The smallest absolute Gasteiger partial charge is 0.0119 e. The Labute approximate surface area is 204 Å². The molecular formula is C30H38S2. The lowest BCUT2D eigenvalue weighted by Crippen LogP contribution is -2.26. The average molecular weight is 463 g/mol. The van der Waals surface area contributed by atoms with E-state index in [0.29, 0.717) is 0 Å². The van der Waals surface area contributed by atoms with Gasteiger partial charge in [0, 0.05) is 15.2 Å². The van der Waals surface area contributed by atoms with Gasteiger partial charge in [-0.1, -0.05) is 115 Å². The fraction of sp³-hybridized carbons (Fsp3) is 0.467. The van der Waals surface area contributed by atoms with Crippen LogP contribution in [-0.2, 0) is 10.8 Å². The first-order valence-corrected chi connectivity index (χ1v) is 13.4. The Hall–Kier alpha value is -1.38. The summed E-state index contributed by atoms with van der Waals surface area (Å²) < 4.78 is 0. The molecule has 2 aliphatic carbocycles. The zero-order chi connectivity index (χ0) is 23.4. The number of thioether (sulfide) groups is 2. The van der Waals surface area contributed by atoms with Crippen LogP contribution in [0, 0.1) is 10.8 Å². The van der Waals surface area contributed by atoms with E-state index in [4.69, 9.17) is 0 Å². The van der Waals surface area contributed by atoms with Gasteiger partial charge < -0.3 is 0 Å². The maximum atomic E-state index is 2.55. The van der Waals surface area contributed by atoms with Gasteiger partial charge in [0.25, 0.3) is 0 Å². The number of rotatable bonds is 4. The van der Waals surface area contributed by atoms with Crippen LogP contribution in [0.25, 0.3) is 0 Å². The number of hydrogen-bond acceptors (Lipinski definition) is 2. The molecule has 0 aliphatic heterocycles. The molecule has 0 saturated heterocycles. The first kappa shape index (κ1) is 23.8. The molecule has 170 valence electrons. The summed E-state index contributed by atoms with van der Waals surface area (Å²) in [5.74, 6) is 0. The molecule has 0 amide bonds. The van der Waals surface area contributed by atoms with E-state index in [1.807, 2.05) is 23.5 Å². The van der Waals surface area contributed by atoms with E-state index >= 15 is 0 Å². The second kappa shape index (κ2) is 8.13. The summed E-state index contributed by atoms with van der Waals surface area (Å²) in [7, 11) is 0. The largest absolute Gasteiger partial charge is 0.0948 e. The van der Waals surface area contributed by atoms with Crippen molar-refractivity contribution in [1.82, 2.24) is 0 Å². The fourth-order valence-electron chi connectivity index (χ4n) is 4.85. The summed E-state index contributed by atoms with van der Waals surface area (Å²) in [4.78, 5) is 5.75. The van der Waals surface area contributed by atoms with E-state index in [1.165, 1.54) is 43.6 Å². The Balaban J connectivity index is 1.47. The van der Waals surface area contributed by atoms with Crippen molar-refractivity contribution in [2.45, 2.75) is 88.9 Å². The monoisotopic (exact) mass is 462 g/mol. The summed E-state index contributed by atoms with van der Waals surface area (Å²) >= 11 is 3.92. The molecule has 0 atom stereocenters. The molecule has 0 spiro atoms. The molecule has 0 N–H and O–H groups in total. The van der Waals surface area contributed by atoms with E-state index in [1.54, 1.807) is 0 Å². The molecular weight excluding hydrogens is 424 g/mol. The van der Waals surface area contributed by atoms with Gasteiger partial charge in [0.15, 0.2) is 0 Å². The highest BCUT2D eigenvalue weighted by molar-refractivity contribution is 8.03. The van der Waals surface area contributed by atoms with Crippen LogP contribution in [0.1, 0.15) is 79.4 Å². The summed E-state index contributed by atoms with van der Waals surface area (Å²) in [5, 5.41) is 0. The summed E-state index contributed by atoms with van der Waals surface area (Å²) in [6.07, 6.45) is 7.43. The van der Waals surface area contributed by atoms with Gasteiger partial charge in [-0.3, -0.25) is 0 Å². The molecule has 0 nitrogen and oxygen atoms in total. The number of allylic oxidation sites excluding steroid dienone is 4. The van der Waals surface area contributed by atoms with Crippen LogP contribution in [0.5, 0.6) is 0 Å². The summed E-state index contributed by atoms with van der Waals surface area (Å²) in [6.45, 7) is 18.6. The lowest BCUT2D eigenvalue weighted by atomic mass is 9.70. The predicted octanol–water partition coefficient (Wildman–Crippen LogP) is 9.75. The maximum absolute atomic E-state index is 2.55. The van der Waals surface area contributed by atoms with Crippen LogP contribution in [0.4, 0.5) is 0 Å². The fourth-order valence-corrected chi connectivity index (χ4v) is 7.39. The van der Waals surface area contributed by atoms with Crippen LogP contribution in [-0.4, -0.2) is 0 Å². The van der Waals surface area contributed by atoms with Crippen molar-refractivity contribution in [2.24, 2.45) is 10.8 Å². The van der Waals surface area contributed by atoms with Crippen LogP contribution in [0.2, 0.25) is 0 Å². The minimum atomic E-state index is 0.147. The van der Waals surface area contributed by atoms with Gasteiger partial charge in [-0.25, -0.2) is 0 Å². The highest BCUT2D eigenvalue weighted by Gasteiger charge is 2.51.